The smallest absolute Gasteiger partial charge is 0.265 e. The number of piperidine rings is 1. The zero-order chi connectivity index (χ0) is 17.4. The average Bonchev–Trinajstić information content (AvgIpc) is 3.03. The minimum absolute atomic E-state index is 0.118. The van der Waals surface area contributed by atoms with Crippen LogP contribution in [0.2, 0.25) is 0 Å². The predicted octanol–water partition coefficient (Wildman–Crippen LogP) is 4.91. The molecular weight excluding hydrogens is 335 g/mol. The van der Waals surface area contributed by atoms with E-state index in [0.29, 0.717) is 5.92 Å². The third-order valence-electron chi connectivity index (χ3n) is 5.66. The van der Waals surface area contributed by atoms with Gasteiger partial charge in [0.15, 0.2) is 0 Å². The Hall–Kier alpha value is -1.75. The topological polar surface area (TPSA) is 33.2 Å². The van der Waals surface area contributed by atoms with Gasteiger partial charge in [0.05, 0.1) is 5.69 Å². The summed E-state index contributed by atoms with van der Waals surface area (Å²) in [6.45, 7) is 3.65. The fourth-order valence-corrected chi connectivity index (χ4v) is 5.28. The molecular formula is C20H23FN2OS. The van der Waals surface area contributed by atoms with Crippen molar-refractivity contribution in [3.05, 3.63) is 40.7 Å². The molecule has 3 nitrogen and oxygen atoms in total. The maximum atomic E-state index is 13.1. The van der Waals surface area contributed by atoms with Crippen LogP contribution in [0.1, 0.15) is 47.5 Å². The lowest BCUT2D eigenvalue weighted by molar-refractivity contribution is 0.0524. The number of benzene rings is 1. The number of hydrogen-bond donors (Lipinski definition) is 0. The lowest BCUT2D eigenvalue weighted by atomic mass is 9.75. The second-order valence-corrected chi connectivity index (χ2v) is 8.28. The molecule has 0 bridgehead atoms. The molecule has 2 heterocycles. The number of carbonyl (C=O) groups excluding carboxylic acids is 1. The molecule has 2 fully saturated rings. The van der Waals surface area contributed by atoms with Gasteiger partial charge in [0, 0.05) is 18.7 Å². The second-order valence-electron chi connectivity index (χ2n) is 7.28. The molecule has 1 aliphatic heterocycles. The molecule has 5 heteroatoms. The summed E-state index contributed by atoms with van der Waals surface area (Å²) in [5.41, 5.74) is 1.64. The minimum atomic E-state index is -0.260. The van der Waals surface area contributed by atoms with Gasteiger partial charge in [0.2, 0.25) is 0 Å². The maximum absolute atomic E-state index is 13.1. The Morgan fingerprint density at radius 1 is 1.16 bits per heavy atom. The Morgan fingerprint density at radius 3 is 2.64 bits per heavy atom. The molecule has 4 rings (SSSR count). The van der Waals surface area contributed by atoms with Crippen LogP contribution < -0.4 is 0 Å². The number of rotatable bonds is 2. The Morgan fingerprint density at radius 2 is 1.88 bits per heavy atom. The maximum Gasteiger partial charge on any atom is 0.265 e. The number of fused-ring (bicyclic) bond motifs is 1. The van der Waals surface area contributed by atoms with Gasteiger partial charge in [-0.05, 0) is 55.9 Å². The number of hydrogen-bond acceptors (Lipinski definition) is 3. The van der Waals surface area contributed by atoms with Crippen LogP contribution in [0.5, 0.6) is 0 Å². The fourth-order valence-electron chi connectivity index (χ4n) is 4.24. The van der Waals surface area contributed by atoms with Crippen LogP contribution in [0.4, 0.5) is 4.39 Å². The summed E-state index contributed by atoms with van der Waals surface area (Å²) in [6.07, 6.45) is 6.39. The van der Waals surface area contributed by atoms with E-state index in [2.05, 4.69) is 4.98 Å². The van der Waals surface area contributed by atoms with Gasteiger partial charge in [-0.15, -0.1) is 11.3 Å². The van der Waals surface area contributed by atoms with Crippen molar-refractivity contribution in [2.45, 2.75) is 39.0 Å². The Bertz CT molecular complexity index is 771. The highest BCUT2D eigenvalue weighted by Crippen LogP contribution is 2.37. The van der Waals surface area contributed by atoms with Crippen LogP contribution in [0.3, 0.4) is 0 Å². The first kappa shape index (κ1) is 16.7. The quantitative estimate of drug-likeness (QED) is 0.764. The summed E-state index contributed by atoms with van der Waals surface area (Å²) in [5, 5.41) is 0.786. The molecule has 1 aliphatic carbocycles. The van der Waals surface area contributed by atoms with Gasteiger partial charge < -0.3 is 4.90 Å². The molecule has 2 aromatic rings. The highest BCUT2D eigenvalue weighted by Gasteiger charge is 2.34. The normalized spacial score (nSPS) is 23.4. The van der Waals surface area contributed by atoms with Crippen molar-refractivity contribution >= 4 is 17.2 Å². The molecule has 0 N–H and O–H groups in total. The van der Waals surface area contributed by atoms with E-state index in [1.54, 1.807) is 12.1 Å². The molecule has 25 heavy (non-hydrogen) atoms. The van der Waals surface area contributed by atoms with Crippen LogP contribution in [0.25, 0.3) is 10.6 Å². The molecule has 1 saturated carbocycles. The Labute approximate surface area is 151 Å². The SMILES string of the molecule is Cc1nc(-c2ccc(F)cc2)sc1C(=O)N1CC[C@H]2CCCC[C@H]2C1. The largest absolute Gasteiger partial charge is 0.338 e. The molecule has 1 saturated heterocycles. The van der Waals surface area contributed by atoms with Crippen LogP contribution in [-0.4, -0.2) is 28.9 Å². The molecule has 1 aromatic heterocycles. The number of aryl methyl sites for hydroxylation is 1. The Balaban J connectivity index is 1.53. The first-order valence-corrected chi connectivity index (χ1v) is 9.96. The number of thiazole rings is 1. The molecule has 0 spiro atoms. The van der Waals surface area contributed by atoms with Crippen molar-refractivity contribution in [3.63, 3.8) is 0 Å². The van der Waals surface area contributed by atoms with Gasteiger partial charge in [-0.1, -0.05) is 19.3 Å². The summed E-state index contributed by atoms with van der Waals surface area (Å²) >= 11 is 1.42. The van der Waals surface area contributed by atoms with Crippen LogP contribution in [0.15, 0.2) is 24.3 Å². The minimum Gasteiger partial charge on any atom is -0.338 e. The van der Waals surface area contributed by atoms with E-state index in [9.17, 15) is 9.18 Å². The molecule has 2 atom stereocenters. The number of carbonyl (C=O) groups is 1. The third kappa shape index (κ3) is 3.34. The van der Waals surface area contributed by atoms with E-state index in [-0.39, 0.29) is 11.7 Å². The summed E-state index contributed by atoms with van der Waals surface area (Å²) in [4.78, 5) is 20.3. The van der Waals surface area contributed by atoms with E-state index >= 15 is 0 Å². The zero-order valence-electron chi connectivity index (χ0n) is 14.5. The summed E-state index contributed by atoms with van der Waals surface area (Å²) in [6, 6.07) is 6.30. The van der Waals surface area contributed by atoms with Gasteiger partial charge in [0.25, 0.3) is 5.91 Å². The lowest BCUT2D eigenvalue weighted by Crippen LogP contribution is -2.44. The highest BCUT2D eigenvalue weighted by molar-refractivity contribution is 7.17. The molecule has 1 amide bonds. The monoisotopic (exact) mass is 358 g/mol. The third-order valence-corrected chi connectivity index (χ3v) is 6.85. The van der Waals surface area contributed by atoms with Crippen molar-refractivity contribution in [2.75, 3.05) is 13.1 Å². The molecule has 0 radical (unpaired) electrons. The van der Waals surface area contributed by atoms with E-state index in [1.807, 2.05) is 11.8 Å². The van der Waals surface area contributed by atoms with E-state index in [1.165, 1.54) is 49.2 Å². The zero-order valence-corrected chi connectivity index (χ0v) is 15.3. The molecule has 2 aliphatic rings. The number of halogens is 1. The first-order valence-electron chi connectivity index (χ1n) is 9.14. The van der Waals surface area contributed by atoms with Crippen molar-refractivity contribution < 1.29 is 9.18 Å². The number of nitrogens with zero attached hydrogens (tertiary/aromatic N) is 2. The fraction of sp³-hybridized carbons (Fsp3) is 0.500. The summed E-state index contributed by atoms with van der Waals surface area (Å²) in [5.74, 6) is 1.35. The van der Waals surface area contributed by atoms with Gasteiger partial charge in [-0.25, -0.2) is 9.37 Å². The Kier molecular flexibility index (Phi) is 4.59. The molecule has 132 valence electrons. The van der Waals surface area contributed by atoms with Crippen molar-refractivity contribution in [2.24, 2.45) is 11.8 Å². The van der Waals surface area contributed by atoms with Crippen molar-refractivity contribution in [1.29, 1.82) is 0 Å². The van der Waals surface area contributed by atoms with Gasteiger partial charge in [0.1, 0.15) is 15.7 Å². The summed E-state index contributed by atoms with van der Waals surface area (Å²) in [7, 11) is 0. The van der Waals surface area contributed by atoms with E-state index in [4.69, 9.17) is 0 Å². The van der Waals surface area contributed by atoms with Crippen LogP contribution >= 0.6 is 11.3 Å². The number of amides is 1. The van der Waals surface area contributed by atoms with Gasteiger partial charge >= 0.3 is 0 Å². The van der Waals surface area contributed by atoms with Crippen LogP contribution in [-0.2, 0) is 0 Å². The first-order chi connectivity index (χ1) is 12.1. The molecule has 1 aromatic carbocycles. The van der Waals surface area contributed by atoms with Gasteiger partial charge in [-0.2, -0.15) is 0 Å². The van der Waals surface area contributed by atoms with Crippen LogP contribution in [0, 0.1) is 24.6 Å². The van der Waals surface area contributed by atoms with Crippen molar-refractivity contribution in [3.8, 4) is 10.6 Å². The number of aromatic nitrogens is 1. The summed E-state index contributed by atoms with van der Waals surface area (Å²) < 4.78 is 13.1. The van der Waals surface area contributed by atoms with E-state index < -0.39 is 0 Å². The molecule has 0 unspecified atom stereocenters. The van der Waals surface area contributed by atoms with Gasteiger partial charge in [-0.3, -0.25) is 4.79 Å². The second kappa shape index (κ2) is 6.87. The predicted molar refractivity (Wildman–Crippen MR) is 98.2 cm³/mol. The van der Waals surface area contributed by atoms with E-state index in [0.717, 1.165) is 46.6 Å². The van der Waals surface area contributed by atoms with Crippen molar-refractivity contribution in [1.82, 2.24) is 9.88 Å². The number of likely N-dealkylation sites (tertiary alicyclic amines) is 1. The standard InChI is InChI=1S/C20H23FN2OS/c1-13-18(25-19(22-13)15-6-8-17(21)9-7-15)20(24)23-11-10-14-4-2-3-5-16(14)12-23/h6-9,14,16H,2-5,10-12H2,1H3/t14-,16+/m1/s1. The highest BCUT2D eigenvalue weighted by atomic mass is 32.1. The average molecular weight is 358 g/mol. The lowest BCUT2D eigenvalue weighted by Gasteiger charge is -2.41.